The quantitative estimate of drug-likeness (QED) is 0.825. The number of methoxy groups -OCH3 is 1. The Kier molecular flexibility index (Phi) is 5.27. The maximum Gasteiger partial charge on any atom is 0.248 e. The lowest BCUT2D eigenvalue weighted by molar-refractivity contribution is 0.158. The average molecular weight is 322 g/mol. The van der Waals surface area contributed by atoms with Crippen molar-refractivity contribution in [2.75, 3.05) is 27.3 Å². The molecule has 0 saturated heterocycles. The molecule has 0 saturated carbocycles. The fourth-order valence-corrected chi connectivity index (χ4v) is 1.82. The first-order valence-electron chi connectivity index (χ1n) is 4.68. The summed E-state index contributed by atoms with van der Waals surface area (Å²) in [6.07, 6.45) is 1.77. The number of hydrogen-bond donors (Lipinski definition) is 1. The van der Waals surface area contributed by atoms with Crippen LogP contribution in [0.1, 0.15) is 5.56 Å². The molecule has 0 aromatic carbocycles. The molecule has 0 radical (unpaired) electrons. The van der Waals surface area contributed by atoms with Crippen molar-refractivity contribution in [3.05, 3.63) is 31.8 Å². The van der Waals surface area contributed by atoms with Crippen LogP contribution in [0.15, 0.2) is 17.1 Å². The van der Waals surface area contributed by atoms with Gasteiger partial charge in [-0.1, -0.05) is 0 Å². The van der Waals surface area contributed by atoms with E-state index in [1.165, 1.54) is 0 Å². The summed E-state index contributed by atoms with van der Waals surface area (Å²) in [5.41, 5.74) is 1.08. The highest BCUT2D eigenvalue weighted by molar-refractivity contribution is 14.1. The van der Waals surface area contributed by atoms with E-state index in [1.54, 1.807) is 19.4 Å². The minimum Gasteiger partial charge on any atom is -0.383 e. The summed E-state index contributed by atoms with van der Waals surface area (Å²) < 4.78 is 6.00. The van der Waals surface area contributed by atoms with Crippen LogP contribution in [0.4, 0.5) is 0 Å². The molecule has 0 bridgehead atoms. The van der Waals surface area contributed by atoms with E-state index in [0.717, 1.165) is 28.8 Å². The highest BCUT2D eigenvalue weighted by atomic mass is 127. The first kappa shape index (κ1) is 12.7. The molecule has 0 amide bonds. The Morgan fingerprint density at radius 2 is 2.33 bits per heavy atom. The summed E-state index contributed by atoms with van der Waals surface area (Å²) in [6, 6.07) is 1.61. The number of H-pyrrole nitrogens is 1. The van der Waals surface area contributed by atoms with Gasteiger partial charge in [-0.3, -0.25) is 9.69 Å². The van der Waals surface area contributed by atoms with Gasteiger partial charge >= 0.3 is 0 Å². The van der Waals surface area contributed by atoms with Crippen LogP contribution in [0.5, 0.6) is 0 Å². The lowest BCUT2D eigenvalue weighted by atomic mass is 10.3. The number of halogens is 1. The third kappa shape index (κ3) is 4.31. The maximum atomic E-state index is 11.0. The van der Waals surface area contributed by atoms with Crippen molar-refractivity contribution < 1.29 is 4.74 Å². The Morgan fingerprint density at radius 3 is 2.93 bits per heavy atom. The number of aromatic nitrogens is 1. The molecule has 4 nitrogen and oxygen atoms in total. The zero-order valence-corrected chi connectivity index (χ0v) is 11.1. The number of pyridine rings is 1. The van der Waals surface area contributed by atoms with E-state index in [4.69, 9.17) is 4.74 Å². The van der Waals surface area contributed by atoms with Crippen LogP contribution in [-0.4, -0.2) is 37.2 Å². The number of ether oxygens (including phenoxy) is 1. The van der Waals surface area contributed by atoms with Gasteiger partial charge < -0.3 is 9.72 Å². The molecule has 0 atom stereocenters. The van der Waals surface area contributed by atoms with Gasteiger partial charge in [0.1, 0.15) is 0 Å². The van der Waals surface area contributed by atoms with E-state index >= 15 is 0 Å². The van der Waals surface area contributed by atoms with Gasteiger partial charge in [-0.05, 0) is 35.2 Å². The zero-order valence-electron chi connectivity index (χ0n) is 8.92. The van der Waals surface area contributed by atoms with Crippen molar-refractivity contribution in [1.82, 2.24) is 9.88 Å². The molecule has 1 aromatic rings. The van der Waals surface area contributed by atoms with Crippen molar-refractivity contribution in [3.63, 3.8) is 0 Å². The summed E-state index contributed by atoms with van der Waals surface area (Å²) in [6.45, 7) is 2.42. The Morgan fingerprint density at radius 1 is 1.60 bits per heavy atom. The minimum atomic E-state index is -0.0531. The van der Waals surface area contributed by atoms with E-state index in [9.17, 15) is 4.79 Å². The molecule has 1 N–H and O–H groups in total. The largest absolute Gasteiger partial charge is 0.383 e. The Bertz CT molecular complexity index is 365. The predicted octanol–water partition coefficient (Wildman–Crippen LogP) is 1.06. The second-order valence-electron chi connectivity index (χ2n) is 3.40. The molecule has 0 spiro atoms. The predicted molar refractivity (Wildman–Crippen MR) is 68.0 cm³/mol. The third-order valence-electron chi connectivity index (χ3n) is 2.07. The molecule has 5 heteroatoms. The van der Waals surface area contributed by atoms with Gasteiger partial charge in [0.2, 0.25) is 5.56 Å². The van der Waals surface area contributed by atoms with Crippen LogP contribution in [0, 0.1) is 3.57 Å². The summed E-state index contributed by atoms with van der Waals surface area (Å²) >= 11 is 2.18. The van der Waals surface area contributed by atoms with Gasteiger partial charge in [0, 0.05) is 36.0 Å². The zero-order chi connectivity index (χ0) is 11.3. The Labute approximate surface area is 103 Å². The van der Waals surface area contributed by atoms with Crippen molar-refractivity contribution in [3.8, 4) is 0 Å². The molecule has 0 aliphatic heterocycles. The molecular weight excluding hydrogens is 307 g/mol. The van der Waals surface area contributed by atoms with Gasteiger partial charge in [0.25, 0.3) is 0 Å². The van der Waals surface area contributed by atoms with Crippen molar-refractivity contribution in [1.29, 1.82) is 0 Å². The number of nitrogens with one attached hydrogen (secondary N) is 1. The number of likely N-dealkylation sites (N-methyl/N-ethyl adjacent to an activating group) is 1. The second-order valence-corrected chi connectivity index (χ2v) is 4.56. The summed E-state index contributed by atoms with van der Waals surface area (Å²) in [5.74, 6) is 0. The van der Waals surface area contributed by atoms with E-state index in [0.29, 0.717) is 0 Å². The fraction of sp³-hybridized carbons (Fsp3) is 0.500. The van der Waals surface area contributed by atoms with Gasteiger partial charge in [-0.2, -0.15) is 0 Å². The van der Waals surface area contributed by atoms with E-state index in [2.05, 4.69) is 32.5 Å². The van der Waals surface area contributed by atoms with Crippen molar-refractivity contribution in [2.24, 2.45) is 0 Å². The van der Waals surface area contributed by atoms with Crippen LogP contribution in [0.2, 0.25) is 0 Å². The van der Waals surface area contributed by atoms with Crippen LogP contribution >= 0.6 is 22.6 Å². The monoisotopic (exact) mass is 322 g/mol. The fourth-order valence-electron chi connectivity index (χ4n) is 1.21. The highest BCUT2D eigenvalue weighted by Gasteiger charge is 2.04. The molecule has 1 rings (SSSR count). The molecule has 0 aliphatic carbocycles. The molecule has 0 unspecified atom stereocenters. The van der Waals surface area contributed by atoms with Crippen molar-refractivity contribution >= 4 is 22.6 Å². The average Bonchev–Trinajstić information content (AvgIpc) is 2.19. The number of aromatic amines is 1. The van der Waals surface area contributed by atoms with Crippen LogP contribution < -0.4 is 5.56 Å². The lowest BCUT2D eigenvalue weighted by Gasteiger charge is -2.16. The van der Waals surface area contributed by atoms with Crippen LogP contribution in [0.3, 0.4) is 0 Å². The van der Waals surface area contributed by atoms with E-state index in [-0.39, 0.29) is 5.56 Å². The summed E-state index contributed by atoms with van der Waals surface area (Å²) in [4.78, 5) is 15.8. The SMILES string of the molecule is COCCN(C)Cc1c[nH]c(=O)cc1I. The first-order chi connectivity index (χ1) is 7.13. The minimum absolute atomic E-state index is 0.0531. The maximum absolute atomic E-state index is 11.0. The smallest absolute Gasteiger partial charge is 0.248 e. The van der Waals surface area contributed by atoms with E-state index in [1.807, 2.05) is 7.05 Å². The molecule has 15 heavy (non-hydrogen) atoms. The van der Waals surface area contributed by atoms with Gasteiger partial charge in [-0.15, -0.1) is 0 Å². The first-order valence-corrected chi connectivity index (χ1v) is 5.76. The summed E-state index contributed by atoms with van der Waals surface area (Å²) in [7, 11) is 3.72. The standard InChI is InChI=1S/C10H15IN2O2/c1-13(3-4-15-2)7-8-6-12-10(14)5-9(8)11/h5-6H,3-4,7H2,1-2H3,(H,12,14). The highest BCUT2D eigenvalue weighted by Crippen LogP contribution is 2.09. The van der Waals surface area contributed by atoms with Crippen LogP contribution in [0.25, 0.3) is 0 Å². The molecule has 1 heterocycles. The second kappa shape index (κ2) is 6.24. The molecule has 84 valence electrons. The molecule has 0 aliphatic rings. The van der Waals surface area contributed by atoms with Gasteiger partial charge in [0.15, 0.2) is 0 Å². The molecular formula is C10H15IN2O2. The Hall–Kier alpha value is -0.400. The van der Waals surface area contributed by atoms with E-state index < -0.39 is 0 Å². The molecule has 0 fully saturated rings. The normalized spacial score (nSPS) is 10.9. The number of nitrogens with zero attached hydrogens (tertiary/aromatic N) is 1. The van der Waals surface area contributed by atoms with Gasteiger partial charge in [0.05, 0.1) is 6.61 Å². The van der Waals surface area contributed by atoms with Crippen molar-refractivity contribution in [2.45, 2.75) is 6.54 Å². The topological polar surface area (TPSA) is 45.3 Å². The lowest BCUT2D eigenvalue weighted by Crippen LogP contribution is -2.23. The molecule has 1 aromatic heterocycles. The van der Waals surface area contributed by atoms with Crippen LogP contribution in [-0.2, 0) is 11.3 Å². The van der Waals surface area contributed by atoms with Gasteiger partial charge in [-0.25, -0.2) is 0 Å². The number of rotatable bonds is 5. The summed E-state index contributed by atoms with van der Waals surface area (Å²) in [5, 5.41) is 0. The number of hydrogen-bond acceptors (Lipinski definition) is 3. The third-order valence-corrected chi connectivity index (χ3v) is 3.07. The Balaban J connectivity index is 2.60.